The Balaban J connectivity index is 0.00000168. The van der Waals surface area contributed by atoms with Crippen molar-refractivity contribution in [1.82, 2.24) is 0 Å². The van der Waals surface area contributed by atoms with Gasteiger partial charge in [-0.25, -0.2) is 4.79 Å². The largest absolute Gasteiger partial charge is 0.508 e. The number of phenolic OH excluding ortho intramolecular Hbond substituents is 2. The molecule has 3 aromatic carbocycles. The van der Waals surface area contributed by atoms with Gasteiger partial charge in [0, 0.05) is 48.3 Å². The Labute approximate surface area is 161 Å². The second-order valence-electron chi connectivity index (χ2n) is 6.08. The Bertz CT molecular complexity index is 1010. The quantitative estimate of drug-likeness (QED) is 0.418. The maximum Gasteiger partial charge on any atom is 0.340 e. The summed E-state index contributed by atoms with van der Waals surface area (Å²) in [5, 5.41) is 19.7. The summed E-state index contributed by atoms with van der Waals surface area (Å²) in [6.45, 7) is 0. The molecular weight excluding hydrogens is 421 g/mol. The van der Waals surface area contributed by atoms with Crippen molar-refractivity contribution in [2.45, 2.75) is 5.60 Å². The molecule has 2 aliphatic rings. The van der Waals surface area contributed by atoms with Crippen molar-refractivity contribution in [3.8, 4) is 23.0 Å². The molecule has 0 amide bonds. The molecule has 0 aliphatic carbocycles. The zero-order chi connectivity index (χ0) is 17.2. The molecule has 2 aliphatic heterocycles. The van der Waals surface area contributed by atoms with Gasteiger partial charge in [-0.1, -0.05) is 18.2 Å². The van der Waals surface area contributed by atoms with Crippen LogP contribution in [0.3, 0.4) is 0 Å². The molecule has 130 valence electrons. The van der Waals surface area contributed by atoms with Gasteiger partial charge in [0.25, 0.3) is 0 Å². The minimum atomic E-state index is -1.17. The monoisotopic (exact) mass is 434 g/mol. The van der Waals surface area contributed by atoms with Gasteiger partial charge in [0.05, 0.1) is 5.56 Å². The molecule has 3 aromatic rings. The van der Waals surface area contributed by atoms with Crippen molar-refractivity contribution >= 4 is 5.97 Å². The van der Waals surface area contributed by atoms with Gasteiger partial charge in [0.1, 0.15) is 23.0 Å². The van der Waals surface area contributed by atoms with Gasteiger partial charge in [0.2, 0.25) is 0 Å². The van der Waals surface area contributed by atoms with Crippen LogP contribution in [0.25, 0.3) is 0 Å². The molecular formula is C20H12O5Ru. The van der Waals surface area contributed by atoms with E-state index < -0.39 is 11.6 Å². The summed E-state index contributed by atoms with van der Waals surface area (Å²) in [4.78, 5) is 12.5. The number of ether oxygens (including phenoxy) is 2. The summed E-state index contributed by atoms with van der Waals surface area (Å²) < 4.78 is 11.8. The normalized spacial score (nSPS) is 15.2. The standard InChI is InChI=1S/C20H12O5.Ru/c21-11-5-7-15-17(9-11)24-18-10-12(22)6-8-16(18)20(15)14-4-2-1-3-13(14)19(23)25-20;/h1-10,21-22H;. The van der Waals surface area contributed by atoms with Gasteiger partial charge in [-0.15, -0.1) is 0 Å². The van der Waals surface area contributed by atoms with Crippen LogP contribution in [-0.2, 0) is 29.8 Å². The molecule has 26 heavy (non-hydrogen) atoms. The zero-order valence-electron chi connectivity index (χ0n) is 13.2. The molecule has 2 heterocycles. The van der Waals surface area contributed by atoms with E-state index in [9.17, 15) is 15.0 Å². The van der Waals surface area contributed by atoms with Crippen LogP contribution < -0.4 is 4.74 Å². The van der Waals surface area contributed by atoms with Gasteiger partial charge >= 0.3 is 5.97 Å². The maximum absolute atomic E-state index is 12.5. The van der Waals surface area contributed by atoms with Gasteiger partial charge in [-0.05, 0) is 30.3 Å². The van der Waals surface area contributed by atoms with E-state index in [4.69, 9.17) is 9.47 Å². The van der Waals surface area contributed by atoms with Gasteiger partial charge in [-0.3, -0.25) is 0 Å². The first-order valence-electron chi connectivity index (χ1n) is 7.77. The van der Waals surface area contributed by atoms with Crippen LogP contribution in [0.15, 0.2) is 60.7 Å². The number of benzene rings is 3. The minimum absolute atomic E-state index is 0. The molecule has 0 unspecified atom stereocenters. The van der Waals surface area contributed by atoms with Crippen molar-refractivity contribution in [2.75, 3.05) is 0 Å². The molecule has 0 bridgehead atoms. The van der Waals surface area contributed by atoms with Crippen LogP contribution in [0.4, 0.5) is 0 Å². The van der Waals surface area contributed by atoms with Crippen LogP contribution in [0.5, 0.6) is 23.0 Å². The predicted octanol–water partition coefficient (Wildman–Crippen LogP) is 3.66. The fraction of sp³-hybridized carbons (Fsp3) is 0.0500. The third-order valence-corrected chi connectivity index (χ3v) is 4.68. The number of aromatic hydroxyl groups is 2. The van der Waals surface area contributed by atoms with Gasteiger partial charge < -0.3 is 19.7 Å². The van der Waals surface area contributed by atoms with Crippen LogP contribution in [0, 0.1) is 0 Å². The van der Waals surface area contributed by atoms with E-state index in [1.54, 1.807) is 24.3 Å². The second kappa shape index (κ2) is 5.58. The van der Waals surface area contributed by atoms with Crippen LogP contribution in [0.2, 0.25) is 0 Å². The van der Waals surface area contributed by atoms with E-state index in [1.165, 1.54) is 24.3 Å². The summed E-state index contributed by atoms with van der Waals surface area (Å²) in [5.74, 6) is 0.408. The third-order valence-electron chi connectivity index (χ3n) is 4.68. The van der Waals surface area contributed by atoms with Gasteiger partial charge in [0.15, 0.2) is 5.60 Å². The first-order valence-corrected chi connectivity index (χ1v) is 7.77. The number of carbonyl (C=O) groups excluding carboxylic acids is 1. The van der Waals surface area contributed by atoms with Crippen LogP contribution >= 0.6 is 0 Å². The molecule has 5 rings (SSSR count). The predicted molar refractivity (Wildman–Crippen MR) is 88.0 cm³/mol. The topological polar surface area (TPSA) is 76.0 Å². The number of fused-ring (bicyclic) bond motifs is 6. The summed E-state index contributed by atoms with van der Waals surface area (Å²) in [6.07, 6.45) is 0. The van der Waals surface area contributed by atoms with E-state index in [1.807, 2.05) is 12.1 Å². The van der Waals surface area contributed by atoms with Crippen molar-refractivity contribution in [1.29, 1.82) is 0 Å². The summed E-state index contributed by atoms with van der Waals surface area (Å²) in [6, 6.07) is 16.6. The third kappa shape index (κ3) is 2.02. The van der Waals surface area contributed by atoms with E-state index in [-0.39, 0.29) is 31.0 Å². The summed E-state index contributed by atoms with van der Waals surface area (Å²) in [5.41, 5.74) is 1.28. The first-order chi connectivity index (χ1) is 12.1. The Morgan fingerprint density at radius 1 is 0.769 bits per heavy atom. The molecule has 0 saturated carbocycles. The Hall–Kier alpha value is -2.85. The molecule has 5 nitrogen and oxygen atoms in total. The van der Waals surface area contributed by atoms with Gasteiger partial charge in [-0.2, -0.15) is 0 Å². The van der Waals surface area contributed by atoms with Crippen LogP contribution in [0.1, 0.15) is 27.0 Å². The van der Waals surface area contributed by atoms with Crippen molar-refractivity contribution in [3.63, 3.8) is 0 Å². The zero-order valence-corrected chi connectivity index (χ0v) is 15.0. The summed E-state index contributed by atoms with van der Waals surface area (Å²) in [7, 11) is 0. The van der Waals surface area contributed by atoms with Crippen molar-refractivity contribution < 1.29 is 44.0 Å². The molecule has 6 heteroatoms. The maximum atomic E-state index is 12.5. The Kier molecular flexibility index (Phi) is 3.56. The molecule has 0 saturated heterocycles. The molecule has 0 atom stereocenters. The first kappa shape index (κ1) is 16.6. The molecule has 0 fully saturated rings. The van der Waals surface area contributed by atoms with E-state index in [2.05, 4.69) is 0 Å². The van der Waals surface area contributed by atoms with Crippen molar-refractivity contribution in [2.24, 2.45) is 0 Å². The number of esters is 1. The average Bonchev–Trinajstić information content (AvgIpc) is 2.88. The van der Waals surface area contributed by atoms with E-state index in [0.29, 0.717) is 33.8 Å². The van der Waals surface area contributed by atoms with E-state index in [0.717, 1.165) is 0 Å². The minimum Gasteiger partial charge on any atom is -0.508 e. The Morgan fingerprint density at radius 2 is 1.35 bits per heavy atom. The molecule has 2 N–H and O–H groups in total. The number of rotatable bonds is 0. The fourth-order valence-corrected chi connectivity index (χ4v) is 3.65. The van der Waals surface area contributed by atoms with Crippen LogP contribution in [-0.4, -0.2) is 16.2 Å². The number of hydrogen-bond acceptors (Lipinski definition) is 5. The average molecular weight is 433 g/mol. The van der Waals surface area contributed by atoms with Crippen molar-refractivity contribution in [3.05, 3.63) is 82.9 Å². The van der Waals surface area contributed by atoms with E-state index >= 15 is 0 Å². The number of phenols is 2. The summed E-state index contributed by atoms with van der Waals surface area (Å²) >= 11 is 0. The fourth-order valence-electron chi connectivity index (χ4n) is 3.65. The Morgan fingerprint density at radius 3 is 1.96 bits per heavy atom. The molecule has 0 radical (unpaired) electrons. The SMILES string of the molecule is O=C1OC2(c3ccc(O)cc3Oc3cc(O)ccc32)c2ccccc21.[Ru]. The number of carbonyl (C=O) groups is 1. The molecule has 1 spiro atoms. The number of hydrogen-bond donors (Lipinski definition) is 2. The smallest absolute Gasteiger partial charge is 0.340 e. The second-order valence-corrected chi connectivity index (χ2v) is 6.08. The molecule has 0 aromatic heterocycles.